The van der Waals surface area contributed by atoms with Crippen LogP contribution < -0.4 is 0 Å². The van der Waals surface area contributed by atoms with E-state index in [0.29, 0.717) is 29.8 Å². The highest BCUT2D eigenvalue weighted by Gasteiger charge is 2.44. The molecule has 2 fully saturated rings. The summed E-state index contributed by atoms with van der Waals surface area (Å²) in [5, 5.41) is 10.4. The van der Waals surface area contributed by atoms with Crippen LogP contribution in [0.3, 0.4) is 0 Å². The number of aryl methyl sites for hydroxylation is 1. The largest absolute Gasteiger partial charge is 0.390 e. The number of fused-ring (bicyclic) bond motifs is 1. The fourth-order valence-corrected chi connectivity index (χ4v) is 4.45. The molecule has 1 saturated heterocycles. The van der Waals surface area contributed by atoms with Crippen LogP contribution in [0.15, 0.2) is 18.3 Å². The molecule has 2 aromatic rings. The SMILES string of the molecule is Cn1cc(F)c2ccc(CC3CCN(C(=O)[C@H]4C[C@@](C)(O)C4)CC3)nc21. The summed E-state index contributed by atoms with van der Waals surface area (Å²) in [7, 11) is 1.81. The van der Waals surface area contributed by atoms with Crippen molar-refractivity contribution in [1.82, 2.24) is 14.5 Å². The van der Waals surface area contributed by atoms with Gasteiger partial charge in [-0.2, -0.15) is 0 Å². The second-order valence-electron chi connectivity index (χ2n) is 8.34. The third-order valence-electron chi connectivity index (χ3n) is 5.98. The highest BCUT2D eigenvalue weighted by Crippen LogP contribution is 2.39. The lowest BCUT2D eigenvalue weighted by atomic mass is 9.71. The number of carbonyl (C=O) groups is 1. The van der Waals surface area contributed by atoms with E-state index in [-0.39, 0.29) is 17.6 Å². The maximum absolute atomic E-state index is 13.7. The minimum atomic E-state index is -0.653. The van der Waals surface area contributed by atoms with Crippen molar-refractivity contribution in [3.63, 3.8) is 0 Å². The van der Waals surface area contributed by atoms with Crippen LogP contribution >= 0.6 is 0 Å². The Bertz CT molecular complexity index is 829. The number of piperidine rings is 1. The van der Waals surface area contributed by atoms with Gasteiger partial charge in [-0.25, -0.2) is 9.37 Å². The topological polar surface area (TPSA) is 58.4 Å². The predicted molar refractivity (Wildman–Crippen MR) is 97.0 cm³/mol. The van der Waals surface area contributed by atoms with Gasteiger partial charge in [-0.1, -0.05) is 0 Å². The van der Waals surface area contributed by atoms with Crippen LogP contribution in [0.1, 0.15) is 38.3 Å². The Balaban J connectivity index is 1.34. The molecule has 4 rings (SSSR count). The van der Waals surface area contributed by atoms with Gasteiger partial charge in [0.1, 0.15) is 11.5 Å². The monoisotopic (exact) mass is 359 g/mol. The maximum atomic E-state index is 13.7. The number of amides is 1. The fraction of sp³-hybridized carbons (Fsp3) is 0.600. The van der Waals surface area contributed by atoms with E-state index in [1.54, 1.807) is 11.5 Å². The van der Waals surface area contributed by atoms with Crippen molar-refractivity contribution in [2.24, 2.45) is 18.9 Å². The van der Waals surface area contributed by atoms with Gasteiger partial charge < -0.3 is 14.6 Å². The summed E-state index contributed by atoms with van der Waals surface area (Å²) in [6.07, 6.45) is 5.43. The highest BCUT2D eigenvalue weighted by atomic mass is 19.1. The van der Waals surface area contributed by atoms with Crippen molar-refractivity contribution >= 4 is 16.9 Å². The highest BCUT2D eigenvalue weighted by molar-refractivity contribution is 5.80. The number of pyridine rings is 1. The van der Waals surface area contributed by atoms with Gasteiger partial charge in [0.15, 0.2) is 0 Å². The van der Waals surface area contributed by atoms with Gasteiger partial charge in [0.2, 0.25) is 5.91 Å². The first-order valence-electron chi connectivity index (χ1n) is 9.44. The molecule has 0 unspecified atom stereocenters. The van der Waals surface area contributed by atoms with E-state index in [1.807, 2.05) is 24.1 Å². The molecule has 5 nitrogen and oxygen atoms in total. The second-order valence-corrected chi connectivity index (χ2v) is 8.34. The molecule has 1 aliphatic carbocycles. The van der Waals surface area contributed by atoms with Gasteiger partial charge in [0.25, 0.3) is 0 Å². The van der Waals surface area contributed by atoms with E-state index in [2.05, 4.69) is 4.98 Å². The van der Waals surface area contributed by atoms with Gasteiger partial charge in [0, 0.05) is 37.9 Å². The molecule has 0 bridgehead atoms. The summed E-state index contributed by atoms with van der Waals surface area (Å²) in [5.74, 6) is 0.466. The van der Waals surface area contributed by atoms with E-state index in [9.17, 15) is 14.3 Å². The van der Waals surface area contributed by atoms with Crippen LogP contribution in [0, 0.1) is 17.7 Å². The summed E-state index contributed by atoms with van der Waals surface area (Å²) in [5.41, 5.74) is 1.02. The van der Waals surface area contributed by atoms with E-state index in [1.165, 1.54) is 6.20 Å². The summed E-state index contributed by atoms with van der Waals surface area (Å²) in [6, 6.07) is 3.73. The van der Waals surface area contributed by atoms with Crippen LogP contribution in [0.25, 0.3) is 11.0 Å². The molecule has 1 N–H and O–H groups in total. The molecular weight excluding hydrogens is 333 g/mol. The van der Waals surface area contributed by atoms with Crippen LogP contribution in [-0.2, 0) is 18.3 Å². The zero-order chi connectivity index (χ0) is 18.5. The minimum Gasteiger partial charge on any atom is -0.390 e. The lowest BCUT2D eigenvalue weighted by Crippen LogP contribution is -2.51. The van der Waals surface area contributed by atoms with E-state index < -0.39 is 5.60 Å². The molecule has 2 aromatic heterocycles. The average Bonchev–Trinajstić information content (AvgIpc) is 2.87. The van der Waals surface area contributed by atoms with E-state index in [0.717, 1.165) is 38.0 Å². The molecule has 1 amide bonds. The van der Waals surface area contributed by atoms with Crippen LogP contribution in [0.2, 0.25) is 0 Å². The normalized spacial score (nSPS) is 26.9. The first kappa shape index (κ1) is 17.5. The second kappa shape index (κ2) is 6.34. The number of hydrogen-bond donors (Lipinski definition) is 1. The van der Waals surface area contributed by atoms with Crippen molar-refractivity contribution < 1.29 is 14.3 Å². The van der Waals surface area contributed by atoms with Crippen molar-refractivity contribution in [3.8, 4) is 0 Å². The standard InChI is InChI=1S/C20H26FN3O2/c1-20(26)10-14(11-20)19(25)24-7-5-13(6-8-24)9-15-3-4-16-17(21)12-23(2)18(16)22-15/h3-4,12-14,26H,5-11H2,1-2H3/t14-,20+. The molecule has 3 heterocycles. The Labute approximate surface area is 152 Å². The zero-order valence-electron chi connectivity index (χ0n) is 15.4. The number of likely N-dealkylation sites (tertiary alicyclic amines) is 1. The molecule has 1 aliphatic heterocycles. The van der Waals surface area contributed by atoms with Crippen LogP contribution in [0.5, 0.6) is 0 Å². The Kier molecular flexibility index (Phi) is 4.26. The van der Waals surface area contributed by atoms with Crippen molar-refractivity contribution in [3.05, 3.63) is 29.8 Å². The number of rotatable bonds is 3. The number of nitrogens with zero attached hydrogens (tertiary/aromatic N) is 3. The zero-order valence-corrected chi connectivity index (χ0v) is 15.4. The first-order chi connectivity index (χ1) is 12.3. The molecular formula is C20H26FN3O2. The molecule has 2 aliphatic rings. The summed E-state index contributed by atoms with van der Waals surface area (Å²) >= 11 is 0. The van der Waals surface area contributed by atoms with Crippen LogP contribution in [-0.4, -0.2) is 44.2 Å². The number of aromatic nitrogens is 2. The minimum absolute atomic E-state index is 0.00198. The molecule has 0 spiro atoms. The van der Waals surface area contributed by atoms with E-state index >= 15 is 0 Å². The average molecular weight is 359 g/mol. The quantitative estimate of drug-likeness (QED) is 0.917. The van der Waals surface area contributed by atoms with E-state index in [4.69, 9.17) is 0 Å². The van der Waals surface area contributed by atoms with Gasteiger partial charge in [-0.05, 0) is 57.1 Å². The van der Waals surface area contributed by atoms with Gasteiger partial charge in [0.05, 0.1) is 11.0 Å². The smallest absolute Gasteiger partial charge is 0.225 e. The molecule has 6 heteroatoms. The molecule has 26 heavy (non-hydrogen) atoms. The third-order valence-corrected chi connectivity index (χ3v) is 5.98. The van der Waals surface area contributed by atoms with Crippen molar-refractivity contribution in [2.45, 2.75) is 44.6 Å². The predicted octanol–water partition coefficient (Wildman–Crippen LogP) is 2.65. The van der Waals surface area contributed by atoms with Crippen molar-refractivity contribution in [2.75, 3.05) is 13.1 Å². The molecule has 1 saturated carbocycles. The number of aliphatic hydroxyl groups is 1. The Hall–Kier alpha value is -1.95. The van der Waals surface area contributed by atoms with Gasteiger partial charge in [-0.3, -0.25) is 4.79 Å². The molecule has 0 aromatic carbocycles. The third kappa shape index (κ3) is 3.22. The summed E-state index contributed by atoms with van der Waals surface area (Å²) in [6.45, 7) is 3.36. The van der Waals surface area contributed by atoms with Crippen molar-refractivity contribution in [1.29, 1.82) is 0 Å². The Morgan fingerprint density at radius 2 is 2.04 bits per heavy atom. The number of halogens is 1. The molecule has 0 atom stereocenters. The lowest BCUT2D eigenvalue weighted by molar-refractivity contribution is -0.151. The van der Waals surface area contributed by atoms with Gasteiger partial charge in [-0.15, -0.1) is 0 Å². The van der Waals surface area contributed by atoms with Gasteiger partial charge >= 0.3 is 0 Å². The maximum Gasteiger partial charge on any atom is 0.225 e. The van der Waals surface area contributed by atoms with Crippen LogP contribution in [0.4, 0.5) is 4.39 Å². The lowest BCUT2D eigenvalue weighted by Gasteiger charge is -2.43. The number of hydrogen-bond acceptors (Lipinski definition) is 3. The number of carbonyl (C=O) groups excluding carboxylic acids is 1. The Morgan fingerprint density at radius 1 is 1.35 bits per heavy atom. The fourth-order valence-electron chi connectivity index (χ4n) is 4.45. The molecule has 0 radical (unpaired) electrons. The summed E-state index contributed by atoms with van der Waals surface area (Å²) in [4.78, 5) is 19.1. The first-order valence-corrected chi connectivity index (χ1v) is 9.44. The summed E-state index contributed by atoms with van der Waals surface area (Å²) < 4.78 is 15.5. The Morgan fingerprint density at radius 3 is 2.69 bits per heavy atom. The molecule has 140 valence electrons.